The lowest BCUT2D eigenvalue weighted by molar-refractivity contribution is 0.0920. The number of nitrogens with zero attached hydrogens (tertiary/aromatic N) is 1. The van der Waals surface area contributed by atoms with Crippen molar-refractivity contribution in [1.29, 1.82) is 0 Å². The Morgan fingerprint density at radius 2 is 2.08 bits per heavy atom. The summed E-state index contributed by atoms with van der Waals surface area (Å²) in [4.78, 5) is 26.9. The van der Waals surface area contributed by atoms with Crippen LogP contribution in [-0.4, -0.2) is 56.1 Å². The third-order valence-corrected chi connectivity index (χ3v) is 5.55. The van der Waals surface area contributed by atoms with Crippen molar-refractivity contribution in [3.63, 3.8) is 0 Å². The molecule has 24 heavy (non-hydrogen) atoms. The summed E-state index contributed by atoms with van der Waals surface area (Å²) in [5.74, 6) is -0.109. The van der Waals surface area contributed by atoms with Crippen LogP contribution in [0.5, 0.6) is 5.75 Å². The highest BCUT2D eigenvalue weighted by Gasteiger charge is 2.39. The molecule has 0 aliphatic carbocycles. The normalized spacial score (nSPS) is 21.9. The summed E-state index contributed by atoms with van der Waals surface area (Å²) in [6, 6.07) is 0.861. The highest BCUT2D eigenvalue weighted by Crippen LogP contribution is 2.26. The van der Waals surface area contributed by atoms with E-state index in [0.717, 1.165) is 6.26 Å². The van der Waals surface area contributed by atoms with E-state index in [1.54, 1.807) is 0 Å². The van der Waals surface area contributed by atoms with Gasteiger partial charge < -0.3 is 15.0 Å². The molecule has 1 saturated heterocycles. The Labute approximate surface area is 141 Å². The fourth-order valence-corrected chi connectivity index (χ4v) is 3.76. The second-order valence-electron chi connectivity index (χ2n) is 6.35. The van der Waals surface area contributed by atoms with Crippen LogP contribution in [0.1, 0.15) is 24.3 Å². The van der Waals surface area contributed by atoms with Gasteiger partial charge in [-0.25, -0.2) is 8.42 Å². The van der Waals surface area contributed by atoms with Gasteiger partial charge in [-0.2, -0.15) is 4.31 Å². The average molecular weight is 357 g/mol. The number of amides is 1. The number of carbonyl (C=O) groups excluding carboxylic acids is 1. The van der Waals surface area contributed by atoms with Crippen molar-refractivity contribution in [1.82, 2.24) is 14.6 Å². The van der Waals surface area contributed by atoms with Crippen LogP contribution in [0.4, 0.5) is 0 Å². The summed E-state index contributed by atoms with van der Waals surface area (Å²) in [6.07, 6.45) is 2.49. The van der Waals surface area contributed by atoms with Crippen LogP contribution in [-0.2, 0) is 10.0 Å². The van der Waals surface area contributed by atoms with Crippen LogP contribution >= 0.6 is 0 Å². The molecule has 0 bridgehead atoms. The number of methoxy groups -OCH3 is 1. The minimum absolute atomic E-state index is 0.00800. The van der Waals surface area contributed by atoms with Gasteiger partial charge in [0.25, 0.3) is 5.91 Å². The molecule has 1 aromatic heterocycles. The lowest BCUT2D eigenvalue weighted by Crippen LogP contribution is -2.42. The van der Waals surface area contributed by atoms with Crippen molar-refractivity contribution in [3.05, 3.63) is 28.2 Å². The Bertz CT molecular complexity index is 772. The van der Waals surface area contributed by atoms with Gasteiger partial charge in [0.1, 0.15) is 5.69 Å². The molecule has 0 unspecified atom stereocenters. The van der Waals surface area contributed by atoms with E-state index in [-0.39, 0.29) is 35.9 Å². The number of sulfonamides is 1. The number of aromatic nitrogens is 1. The zero-order chi connectivity index (χ0) is 18.1. The molecule has 0 radical (unpaired) electrons. The molecule has 0 saturated carbocycles. The largest absolute Gasteiger partial charge is 0.491 e. The maximum atomic E-state index is 12.4. The lowest BCUT2D eigenvalue weighted by atomic mass is 9.91. The quantitative estimate of drug-likeness (QED) is 0.773. The highest BCUT2D eigenvalue weighted by molar-refractivity contribution is 7.88. The van der Waals surface area contributed by atoms with Crippen LogP contribution in [0.2, 0.25) is 0 Å². The number of pyridine rings is 1. The molecular formula is C15H23N3O5S. The topological polar surface area (TPSA) is 109 Å². The van der Waals surface area contributed by atoms with E-state index in [0.29, 0.717) is 6.54 Å². The van der Waals surface area contributed by atoms with Crippen LogP contribution in [0.15, 0.2) is 17.1 Å². The molecule has 0 aromatic carbocycles. The van der Waals surface area contributed by atoms with Crippen LogP contribution in [0, 0.1) is 11.8 Å². The molecule has 2 atom stereocenters. The van der Waals surface area contributed by atoms with Gasteiger partial charge in [0, 0.05) is 31.4 Å². The second kappa shape index (κ2) is 6.94. The summed E-state index contributed by atoms with van der Waals surface area (Å²) in [7, 11) is -1.94. The zero-order valence-electron chi connectivity index (χ0n) is 14.2. The molecule has 1 aliphatic heterocycles. The average Bonchev–Trinajstić information content (AvgIpc) is 2.91. The number of aromatic amines is 1. The van der Waals surface area contributed by atoms with Gasteiger partial charge in [0.05, 0.1) is 13.4 Å². The summed E-state index contributed by atoms with van der Waals surface area (Å²) >= 11 is 0. The fourth-order valence-electron chi connectivity index (χ4n) is 2.89. The van der Waals surface area contributed by atoms with E-state index in [2.05, 4.69) is 10.3 Å². The lowest BCUT2D eigenvalue weighted by Gasteiger charge is -2.22. The van der Waals surface area contributed by atoms with E-state index in [1.165, 1.54) is 23.7 Å². The molecule has 8 nitrogen and oxygen atoms in total. The van der Waals surface area contributed by atoms with Gasteiger partial charge in [-0.05, 0) is 11.8 Å². The maximum Gasteiger partial charge on any atom is 0.268 e. The Balaban J connectivity index is 2.17. The number of hydrogen-bond donors (Lipinski definition) is 2. The smallest absolute Gasteiger partial charge is 0.268 e. The van der Waals surface area contributed by atoms with Crippen molar-refractivity contribution in [2.75, 3.05) is 26.5 Å². The first-order valence-electron chi connectivity index (χ1n) is 7.66. The van der Waals surface area contributed by atoms with E-state index in [9.17, 15) is 18.0 Å². The molecule has 1 fully saturated rings. The minimum atomic E-state index is -3.31. The van der Waals surface area contributed by atoms with E-state index in [1.807, 2.05) is 13.8 Å². The number of nitrogens with one attached hydrogen (secondary N) is 2. The van der Waals surface area contributed by atoms with Gasteiger partial charge in [-0.1, -0.05) is 13.8 Å². The summed E-state index contributed by atoms with van der Waals surface area (Å²) < 4.78 is 29.8. The Morgan fingerprint density at radius 3 is 2.58 bits per heavy atom. The van der Waals surface area contributed by atoms with Gasteiger partial charge >= 0.3 is 0 Å². The summed E-state index contributed by atoms with van der Waals surface area (Å²) in [6.45, 7) is 4.59. The minimum Gasteiger partial charge on any atom is -0.491 e. The SMILES string of the molecule is COc1c[nH]c(C(=O)N[C@@H]2CN(S(C)(=O)=O)C[C@H]2C(C)C)cc1=O. The van der Waals surface area contributed by atoms with E-state index in [4.69, 9.17) is 4.74 Å². The number of ether oxygens (including phenoxy) is 1. The molecule has 0 spiro atoms. The van der Waals surface area contributed by atoms with Gasteiger partial charge in [0.15, 0.2) is 5.75 Å². The third-order valence-electron chi connectivity index (χ3n) is 4.32. The molecule has 2 rings (SSSR count). The molecule has 1 aromatic rings. The van der Waals surface area contributed by atoms with Crippen molar-refractivity contribution in [3.8, 4) is 5.75 Å². The van der Waals surface area contributed by atoms with Crippen molar-refractivity contribution >= 4 is 15.9 Å². The fraction of sp³-hybridized carbons (Fsp3) is 0.600. The van der Waals surface area contributed by atoms with E-state index < -0.39 is 21.4 Å². The van der Waals surface area contributed by atoms with Crippen molar-refractivity contribution in [2.45, 2.75) is 19.9 Å². The van der Waals surface area contributed by atoms with E-state index >= 15 is 0 Å². The maximum absolute atomic E-state index is 12.4. The molecular weight excluding hydrogens is 334 g/mol. The molecule has 2 heterocycles. The Hall–Kier alpha value is -1.87. The number of H-pyrrole nitrogens is 1. The van der Waals surface area contributed by atoms with Crippen LogP contribution in [0.3, 0.4) is 0 Å². The number of hydrogen-bond acceptors (Lipinski definition) is 5. The zero-order valence-corrected chi connectivity index (χ0v) is 15.0. The van der Waals surface area contributed by atoms with Gasteiger partial charge in [-0.15, -0.1) is 0 Å². The van der Waals surface area contributed by atoms with Crippen molar-refractivity contribution in [2.24, 2.45) is 11.8 Å². The first kappa shape index (κ1) is 18.5. The van der Waals surface area contributed by atoms with Crippen LogP contribution < -0.4 is 15.5 Å². The molecule has 9 heteroatoms. The van der Waals surface area contributed by atoms with Gasteiger partial charge in [-0.3, -0.25) is 9.59 Å². The Kier molecular flexibility index (Phi) is 5.34. The summed E-state index contributed by atoms with van der Waals surface area (Å²) in [5.41, 5.74) is -0.285. The van der Waals surface area contributed by atoms with Crippen molar-refractivity contribution < 1.29 is 17.9 Å². The number of rotatable bonds is 5. The Morgan fingerprint density at radius 1 is 1.42 bits per heavy atom. The first-order valence-corrected chi connectivity index (χ1v) is 9.51. The second-order valence-corrected chi connectivity index (χ2v) is 8.33. The molecule has 2 N–H and O–H groups in total. The third kappa shape index (κ3) is 3.96. The predicted octanol–water partition coefficient (Wildman–Crippen LogP) is 0.0293. The van der Waals surface area contributed by atoms with Crippen LogP contribution in [0.25, 0.3) is 0 Å². The summed E-state index contributed by atoms with van der Waals surface area (Å²) in [5, 5.41) is 2.84. The molecule has 134 valence electrons. The monoisotopic (exact) mass is 357 g/mol. The molecule has 1 amide bonds. The first-order chi connectivity index (χ1) is 11.1. The standard InChI is InChI=1S/C15H23N3O5S/c1-9(2)10-7-18(24(4,21)22)8-12(10)17-15(20)11-5-13(19)14(23-3)6-16-11/h5-6,9-10,12H,7-8H2,1-4H3,(H,16,19)(H,17,20)/t10-,12+/m0/s1. The van der Waals surface area contributed by atoms with Gasteiger partial charge in [0.2, 0.25) is 15.5 Å². The predicted molar refractivity (Wildman–Crippen MR) is 89.6 cm³/mol. The number of carbonyl (C=O) groups is 1. The highest BCUT2D eigenvalue weighted by atomic mass is 32.2. The molecule has 1 aliphatic rings.